The SMILES string of the molecule is O=S(=O)(O)c1cc(O)c2c(O)cc(S(=O)(=O)O)c([O-])c2c1[O-]. The monoisotopic (exact) mass is 350 g/mol. The molecule has 2 aromatic carbocycles. The van der Waals surface area contributed by atoms with Crippen molar-refractivity contribution in [3.63, 3.8) is 0 Å². The van der Waals surface area contributed by atoms with E-state index in [0.29, 0.717) is 12.1 Å². The molecule has 4 N–H and O–H groups in total. The van der Waals surface area contributed by atoms with Gasteiger partial charge >= 0.3 is 0 Å². The number of aromatic hydroxyl groups is 2. The van der Waals surface area contributed by atoms with Gasteiger partial charge in [-0.25, -0.2) is 0 Å². The lowest BCUT2D eigenvalue weighted by atomic mass is 10.1. The van der Waals surface area contributed by atoms with Gasteiger partial charge < -0.3 is 20.4 Å². The van der Waals surface area contributed by atoms with Crippen LogP contribution in [-0.4, -0.2) is 36.2 Å². The summed E-state index contributed by atoms with van der Waals surface area (Å²) in [6.45, 7) is 0. The highest BCUT2D eigenvalue weighted by Crippen LogP contribution is 2.46. The average molecular weight is 350 g/mol. The van der Waals surface area contributed by atoms with E-state index in [2.05, 4.69) is 0 Å². The molecule has 2 rings (SSSR count). The lowest BCUT2D eigenvalue weighted by Crippen LogP contribution is -2.09. The molecule has 0 aliphatic carbocycles. The van der Waals surface area contributed by atoms with Crippen LogP contribution in [-0.2, 0) is 20.2 Å². The third-order valence-corrected chi connectivity index (χ3v) is 4.47. The molecule has 0 amide bonds. The van der Waals surface area contributed by atoms with Gasteiger partial charge in [-0.1, -0.05) is 11.5 Å². The summed E-state index contributed by atoms with van der Waals surface area (Å²) in [5.41, 5.74) is 0. The van der Waals surface area contributed by atoms with Crippen LogP contribution in [0.1, 0.15) is 0 Å². The molecule has 0 aromatic heterocycles. The number of hydrogen-bond acceptors (Lipinski definition) is 8. The van der Waals surface area contributed by atoms with Gasteiger partial charge in [0.2, 0.25) is 0 Å². The molecule has 0 radical (unpaired) electrons. The maximum atomic E-state index is 11.9. The van der Waals surface area contributed by atoms with Gasteiger partial charge in [0.25, 0.3) is 20.2 Å². The van der Waals surface area contributed by atoms with Crippen LogP contribution in [0.15, 0.2) is 21.9 Å². The molecule has 0 atom stereocenters. The molecular weight excluding hydrogens is 344 g/mol. The smallest absolute Gasteiger partial charge is 0.294 e. The lowest BCUT2D eigenvalue weighted by Gasteiger charge is -2.23. The minimum atomic E-state index is -5.13. The molecule has 0 spiro atoms. The van der Waals surface area contributed by atoms with Crippen LogP contribution in [0, 0.1) is 0 Å². The van der Waals surface area contributed by atoms with E-state index in [1.54, 1.807) is 0 Å². The van der Waals surface area contributed by atoms with Crippen molar-refractivity contribution in [3.05, 3.63) is 12.1 Å². The Kier molecular flexibility index (Phi) is 3.37. The van der Waals surface area contributed by atoms with Crippen molar-refractivity contribution in [2.75, 3.05) is 0 Å². The fourth-order valence-electron chi connectivity index (χ4n) is 1.87. The standard InChI is InChI=1S/C10H8O10S2/c11-3-1-5(21(15,16)17)9(13)8-7(3)4(12)2-6(10(8)14)22(18,19)20/h1-2,11-14H,(H,15,16,17)(H,18,19,20)/p-2. The maximum absolute atomic E-state index is 11.9. The van der Waals surface area contributed by atoms with E-state index in [1.807, 2.05) is 0 Å². The zero-order chi connectivity index (χ0) is 17.0. The first-order valence-corrected chi connectivity index (χ1v) is 8.08. The Labute approximate surface area is 123 Å². The number of rotatable bonds is 2. The molecule has 0 unspecified atom stereocenters. The van der Waals surface area contributed by atoms with E-state index in [-0.39, 0.29) is 0 Å². The molecule has 120 valence electrons. The zero-order valence-electron chi connectivity index (χ0n) is 10.2. The first kappa shape index (κ1) is 16.1. The predicted molar refractivity (Wildman–Crippen MR) is 65.8 cm³/mol. The minimum absolute atomic E-state index is 0.298. The van der Waals surface area contributed by atoms with Crippen molar-refractivity contribution < 1.29 is 46.4 Å². The molecule has 12 heteroatoms. The molecule has 2 aromatic rings. The minimum Gasteiger partial charge on any atom is -0.871 e. The molecule has 0 saturated carbocycles. The van der Waals surface area contributed by atoms with Gasteiger partial charge in [0, 0.05) is 12.1 Å². The van der Waals surface area contributed by atoms with Crippen LogP contribution < -0.4 is 10.2 Å². The third-order valence-electron chi connectivity index (χ3n) is 2.76. The summed E-state index contributed by atoms with van der Waals surface area (Å²) in [4.78, 5) is -2.78. The van der Waals surface area contributed by atoms with Crippen molar-refractivity contribution in [2.45, 2.75) is 9.79 Å². The second-order valence-corrected chi connectivity index (χ2v) is 6.93. The quantitative estimate of drug-likeness (QED) is 0.482. The van der Waals surface area contributed by atoms with Gasteiger partial charge in [0.15, 0.2) is 0 Å². The summed E-state index contributed by atoms with van der Waals surface area (Å²) >= 11 is 0. The van der Waals surface area contributed by atoms with Crippen molar-refractivity contribution in [3.8, 4) is 23.0 Å². The third kappa shape index (κ3) is 2.37. The van der Waals surface area contributed by atoms with Crippen molar-refractivity contribution in [2.24, 2.45) is 0 Å². The van der Waals surface area contributed by atoms with Crippen LogP contribution >= 0.6 is 0 Å². The van der Waals surface area contributed by atoms with Crippen LogP contribution in [0.2, 0.25) is 0 Å². The van der Waals surface area contributed by atoms with E-state index in [1.165, 1.54) is 0 Å². The summed E-state index contributed by atoms with van der Waals surface area (Å²) in [6.07, 6.45) is 0. The Balaban J connectivity index is 3.19. The molecule has 0 bridgehead atoms. The van der Waals surface area contributed by atoms with Crippen LogP contribution in [0.3, 0.4) is 0 Å². The Morgan fingerprint density at radius 1 is 0.727 bits per heavy atom. The number of phenols is 2. The molecule has 22 heavy (non-hydrogen) atoms. The van der Waals surface area contributed by atoms with Gasteiger partial charge in [-0.2, -0.15) is 16.8 Å². The Morgan fingerprint density at radius 2 is 1.05 bits per heavy atom. The van der Waals surface area contributed by atoms with Gasteiger partial charge in [-0.3, -0.25) is 9.11 Å². The number of benzene rings is 2. The van der Waals surface area contributed by atoms with Crippen LogP contribution in [0.25, 0.3) is 10.8 Å². The van der Waals surface area contributed by atoms with E-state index in [0.717, 1.165) is 0 Å². The zero-order valence-corrected chi connectivity index (χ0v) is 11.8. The van der Waals surface area contributed by atoms with E-state index >= 15 is 0 Å². The molecular formula is C10H6O10S2-2. The van der Waals surface area contributed by atoms with E-state index in [9.17, 15) is 37.3 Å². The average Bonchev–Trinajstić information content (AvgIpc) is 2.33. The second kappa shape index (κ2) is 4.61. The summed E-state index contributed by atoms with van der Waals surface area (Å²) < 4.78 is 61.9. The normalized spacial score (nSPS) is 12.6. The Morgan fingerprint density at radius 3 is 1.32 bits per heavy atom. The number of phenolic OH excluding ortho intramolecular Hbond substituents is 2. The van der Waals surface area contributed by atoms with Gasteiger partial charge in [-0.15, -0.1) is 0 Å². The van der Waals surface area contributed by atoms with Crippen molar-refractivity contribution in [1.29, 1.82) is 0 Å². The highest BCUT2D eigenvalue weighted by molar-refractivity contribution is 7.86. The maximum Gasteiger partial charge on any atom is 0.294 e. The number of fused-ring (bicyclic) bond motifs is 1. The predicted octanol–water partition coefficient (Wildman–Crippen LogP) is -1.11. The molecule has 10 nitrogen and oxygen atoms in total. The fraction of sp³-hybridized carbons (Fsp3) is 0. The highest BCUT2D eigenvalue weighted by Gasteiger charge is 2.22. The fourth-order valence-corrected chi connectivity index (χ4v) is 3.06. The largest absolute Gasteiger partial charge is 0.871 e. The molecule has 0 fully saturated rings. The summed E-state index contributed by atoms with van der Waals surface area (Å²) in [6, 6.07) is 0.596. The van der Waals surface area contributed by atoms with Crippen molar-refractivity contribution >= 4 is 31.0 Å². The van der Waals surface area contributed by atoms with Gasteiger partial charge in [0.05, 0.1) is 15.2 Å². The lowest BCUT2D eigenvalue weighted by molar-refractivity contribution is -0.279. The first-order chi connectivity index (χ1) is 9.85. The summed E-state index contributed by atoms with van der Waals surface area (Å²) in [5, 5.41) is 41.1. The van der Waals surface area contributed by atoms with Crippen LogP contribution in [0.4, 0.5) is 0 Å². The molecule has 0 aliphatic rings. The topological polar surface area (TPSA) is 195 Å². The first-order valence-electron chi connectivity index (χ1n) is 5.20. The van der Waals surface area contributed by atoms with Crippen molar-refractivity contribution in [1.82, 2.24) is 0 Å². The second-order valence-electron chi connectivity index (χ2n) is 4.15. The highest BCUT2D eigenvalue weighted by atomic mass is 32.2. The Bertz CT molecular complexity index is 925. The van der Waals surface area contributed by atoms with Gasteiger partial charge in [0.1, 0.15) is 11.5 Å². The van der Waals surface area contributed by atoms with E-state index in [4.69, 9.17) is 9.11 Å². The molecule has 0 saturated heterocycles. The number of hydrogen-bond donors (Lipinski definition) is 4. The van der Waals surface area contributed by atoms with E-state index < -0.39 is 63.8 Å². The summed E-state index contributed by atoms with van der Waals surface area (Å²) in [5.74, 6) is -5.39. The molecule has 0 aliphatic heterocycles. The molecule has 0 heterocycles. The summed E-state index contributed by atoms with van der Waals surface area (Å²) in [7, 11) is -10.3. The van der Waals surface area contributed by atoms with Gasteiger partial charge in [-0.05, 0) is 5.39 Å². The Hall–Kier alpha value is -2.28. The van der Waals surface area contributed by atoms with Crippen LogP contribution in [0.5, 0.6) is 23.0 Å².